The van der Waals surface area contributed by atoms with Gasteiger partial charge in [-0.3, -0.25) is 9.98 Å². The molecule has 0 saturated carbocycles. The van der Waals surface area contributed by atoms with Crippen LogP contribution in [0.1, 0.15) is 0 Å². The van der Waals surface area contributed by atoms with Gasteiger partial charge in [0.2, 0.25) is 0 Å². The average Bonchev–Trinajstić information content (AvgIpc) is 3.77. The molecule has 9 aromatic rings. The van der Waals surface area contributed by atoms with Gasteiger partial charge in [-0.1, -0.05) is 164 Å². The molecule has 7 aromatic carbocycles. The molecule has 3 heterocycles. The van der Waals surface area contributed by atoms with Gasteiger partial charge in [-0.15, -0.1) is 0 Å². The molecule has 260 valence electrons. The van der Waals surface area contributed by atoms with Gasteiger partial charge >= 0.3 is 0 Å². The zero-order valence-electron chi connectivity index (χ0n) is 29.5. The number of aromatic nitrogens is 4. The van der Waals surface area contributed by atoms with E-state index < -0.39 is 7.14 Å². The second-order valence-corrected chi connectivity index (χ2v) is 16.1. The Morgan fingerprint density at radius 1 is 0.418 bits per heavy atom. The number of hydrogen-bond acceptors (Lipinski definition) is 7. The van der Waals surface area contributed by atoms with Crippen LogP contribution in [0.3, 0.4) is 0 Å². The normalized spacial score (nSPS) is 12.3. The molecular weight excluding hydrogens is 696 g/mol. The SMILES string of the molecule is O=P(c1ccccc1)(c1ccccc1)c1ccc(-c2nc(-c3ccccc3)nc(-c3cc4c(-c5ccccc5)nc5ccccc5c4c4c3=NCN=4)n2)cc1. The highest BCUT2D eigenvalue weighted by molar-refractivity contribution is 7.85. The lowest BCUT2D eigenvalue weighted by Crippen LogP contribution is -2.26. The Labute approximate surface area is 316 Å². The molecule has 0 fully saturated rings. The number of para-hydroxylation sites is 1. The van der Waals surface area contributed by atoms with Gasteiger partial charge in [0.1, 0.15) is 6.67 Å². The van der Waals surface area contributed by atoms with Crippen molar-refractivity contribution in [3.8, 4) is 45.4 Å². The number of fused-ring (bicyclic) bond motifs is 5. The highest BCUT2D eigenvalue weighted by atomic mass is 31.2. The molecule has 0 bridgehead atoms. The fourth-order valence-corrected chi connectivity index (χ4v) is 10.1. The standard InChI is InChI=1S/C47H31N6OP/c54-55(34-19-9-3-10-20-34,35-21-11-4-12-22-35)36-27-25-33(26-28-36)46-51-45(32-17-7-2-8-18-32)52-47(53-46)39-29-38-41(44-43(39)48-30-49-44)37-23-13-14-24-40(37)50-42(38)31-15-5-1-6-16-31/h1-29H,30H2. The van der Waals surface area contributed by atoms with Crippen LogP contribution in [-0.4, -0.2) is 26.6 Å². The summed E-state index contributed by atoms with van der Waals surface area (Å²) in [4.78, 5) is 30.3. The predicted octanol–water partition coefficient (Wildman–Crippen LogP) is 8.09. The molecule has 55 heavy (non-hydrogen) atoms. The first-order valence-electron chi connectivity index (χ1n) is 18.1. The first-order chi connectivity index (χ1) is 27.1. The molecule has 2 aromatic heterocycles. The molecule has 0 N–H and O–H groups in total. The molecule has 0 unspecified atom stereocenters. The Kier molecular flexibility index (Phi) is 8.01. The lowest BCUT2D eigenvalue weighted by Gasteiger charge is -2.20. The molecule has 8 heteroatoms. The topological polar surface area (TPSA) is 93.3 Å². The molecule has 10 rings (SSSR count). The van der Waals surface area contributed by atoms with E-state index in [0.717, 1.165) is 76.3 Å². The van der Waals surface area contributed by atoms with E-state index in [4.69, 9.17) is 29.9 Å². The van der Waals surface area contributed by atoms with Crippen LogP contribution in [0, 0.1) is 0 Å². The Balaban J connectivity index is 1.19. The van der Waals surface area contributed by atoms with Crippen LogP contribution in [-0.2, 0) is 4.57 Å². The summed E-state index contributed by atoms with van der Waals surface area (Å²) in [6, 6.07) is 57.6. The molecule has 0 atom stereocenters. The molecule has 0 amide bonds. The Bertz CT molecular complexity index is 3030. The average molecular weight is 727 g/mol. The van der Waals surface area contributed by atoms with E-state index in [0.29, 0.717) is 24.1 Å². The monoisotopic (exact) mass is 726 g/mol. The fourth-order valence-electron chi connectivity index (χ4n) is 7.44. The van der Waals surface area contributed by atoms with Crippen LogP contribution in [0.4, 0.5) is 0 Å². The van der Waals surface area contributed by atoms with E-state index in [2.05, 4.69) is 24.3 Å². The number of rotatable bonds is 7. The van der Waals surface area contributed by atoms with Crippen molar-refractivity contribution in [2.75, 3.05) is 6.67 Å². The molecule has 1 aliphatic heterocycles. The van der Waals surface area contributed by atoms with Crippen LogP contribution in [0.5, 0.6) is 0 Å². The second-order valence-electron chi connectivity index (χ2n) is 13.3. The van der Waals surface area contributed by atoms with E-state index in [1.807, 2.05) is 152 Å². The Hall–Kier alpha value is -6.95. The lowest BCUT2D eigenvalue weighted by atomic mass is 9.96. The van der Waals surface area contributed by atoms with Gasteiger partial charge in [-0.05, 0) is 12.1 Å². The van der Waals surface area contributed by atoms with Gasteiger partial charge in [0.05, 0.1) is 21.9 Å². The van der Waals surface area contributed by atoms with Crippen molar-refractivity contribution in [2.45, 2.75) is 0 Å². The summed E-state index contributed by atoms with van der Waals surface area (Å²) in [6.45, 7) is 0.312. The number of benzene rings is 7. The van der Waals surface area contributed by atoms with Crippen LogP contribution < -0.4 is 26.6 Å². The maximum atomic E-state index is 15.1. The van der Waals surface area contributed by atoms with Crippen LogP contribution in [0.2, 0.25) is 0 Å². The van der Waals surface area contributed by atoms with E-state index in [1.54, 1.807) is 0 Å². The van der Waals surface area contributed by atoms with E-state index >= 15 is 4.57 Å². The minimum Gasteiger partial charge on any atom is -0.309 e. The summed E-state index contributed by atoms with van der Waals surface area (Å²) in [5.41, 5.74) is 5.14. The number of hydrogen-bond donors (Lipinski definition) is 0. The van der Waals surface area contributed by atoms with Crippen LogP contribution >= 0.6 is 7.14 Å². The van der Waals surface area contributed by atoms with Crippen LogP contribution in [0.15, 0.2) is 186 Å². The molecule has 0 aliphatic carbocycles. The van der Waals surface area contributed by atoms with Crippen LogP contribution in [0.25, 0.3) is 67.1 Å². The largest absolute Gasteiger partial charge is 0.309 e. The van der Waals surface area contributed by atoms with Gasteiger partial charge in [-0.2, -0.15) is 0 Å². The smallest absolute Gasteiger partial charge is 0.171 e. The van der Waals surface area contributed by atoms with Gasteiger partial charge in [0.25, 0.3) is 0 Å². The highest BCUT2D eigenvalue weighted by Gasteiger charge is 2.30. The first kappa shape index (κ1) is 32.7. The molecular formula is C47H31N6OP. The fraction of sp³-hybridized carbons (Fsp3) is 0.0213. The summed E-state index contributed by atoms with van der Waals surface area (Å²) in [5.74, 6) is 1.51. The predicted molar refractivity (Wildman–Crippen MR) is 221 cm³/mol. The summed E-state index contributed by atoms with van der Waals surface area (Å²) >= 11 is 0. The lowest BCUT2D eigenvalue weighted by molar-refractivity contribution is 0.592. The van der Waals surface area contributed by atoms with Gasteiger partial charge in [0.15, 0.2) is 24.6 Å². The van der Waals surface area contributed by atoms with Crippen molar-refractivity contribution in [1.29, 1.82) is 0 Å². The van der Waals surface area contributed by atoms with Crippen molar-refractivity contribution in [1.82, 2.24) is 19.9 Å². The zero-order valence-corrected chi connectivity index (χ0v) is 30.4. The second kappa shape index (κ2) is 13.5. The quantitative estimate of drug-likeness (QED) is 0.122. The minimum absolute atomic E-state index is 0.312. The zero-order chi connectivity index (χ0) is 36.8. The summed E-state index contributed by atoms with van der Waals surface area (Å²) in [6.07, 6.45) is 0. The van der Waals surface area contributed by atoms with Crippen molar-refractivity contribution in [2.24, 2.45) is 9.98 Å². The van der Waals surface area contributed by atoms with Crippen molar-refractivity contribution < 1.29 is 4.57 Å². The van der Waals surface area contributed by atoms with Gasteiger partial charge < -0.3 is 4.57 Å². The third-order valence-corrected chi connectivity index (χ3v) is 13.2. The first-order valence-corrected chi connectivity index (χ1v) is 19.8. The summed E-state index contributed by atoms with van der Waals surface area (Å²) in [5, 5.41) is 6.83. The number of pyridine rings is 1. The molecule has 1 aliphatic rings. The third kappa shape index (κ3) is 5.65. The third-order valence-electron chi connectivity index (χ3n) is 10.1. The molecule has 0 spiro atoms. The molecule has 7 nitrogen and oxygen atoms in total. The Morgan fingerprint density at radius 2 is 0.909 bits per heavy atom. The molecule has 0 radical (unpaired) electrons. The highest BCUT2D eigenvalue weighted by Crippen LogP contribution is 2.42. The van der Waals surface area contributed by atoms with E-state index in [1.165, 1.54) is 0 Å². The molecule has 0 saturated heterocycles. The van der Waals surface area contributed by atoms with Crippen molar-refractivity contribution in [3.05, 3.63) is 187 Å². The van der Waals surface area contributed by atoms with E-state index in [9.17, 15) is 0 Å². The van der Waals surface area contributed by atoms with Crippen molar-refractivity contribution in [3.63, 3.8) is 0 Å². The van der Waals surface area contributed by atoms with Crippen molar-refractivity contribution >= 4 is 44.7 Å². The van der Waals surface area contributed by atoms with Gasteiger partial charge in [-0.25, -0.2) is 19.9 Å². The maximum absolute atomic E-state index is 15.1. The minimum atomic E-state index is -3.17. The van der Waals surface area contributed by atoms with Gasteiger partial charge in [0, 0.05) is 54.3 Å². The maximum Gasteiger partial charge on any atom is 0.171 e. The Morgan fingerprint density at radius 3 is 1.55 bits per heavy atom. The number of nitrogens with zero attached hydrogens (tertiary/aromatic N) is 6. The summed E-state index contributed by atoms with van der Waals surface area (Å²) < 4.78 is 15.1. The van der Waals surface area contributed by atoms with E-state index in [-0.39, 0.29) is 0 Å². The summed E-state index contributed by atoms with van der Waals surface area (Å²) in [7, 11) is -3.17.